The topological polar surface area (TPSA) is 74.8 Å². The summed E-state index contributed by atoms with van der Waals surface area (Å²) in [5, 5.41) is 3.33. The fraction of sp³-hybridized carbons (Fsp3) is 0.200. The number of anilines is 1. The molecule has 4 nitrogen and oxygen atoms in total. The molecule has 15 heavy (non-hydrogen) atoms. The number of azide groups is 1. The van der Waals surface area contributed by atoms with Crippen LogP contribution in [0.25, 0.3) is 16.5 Å². The molecule has 0 radical (unpaired) electrons. The van der Waals surface area contributed by atoms with Crippen molar-refractivity contribution in [1.82, 2.24) is 0 Å². The Bertz CT molecular complexity index is 433. The first-order valence-electron chi connectivity index (χ1n) is 4.38. The van der Waals surface area contributed by atoms with Gasteiger partial charge in [0.1, 0.15) is 5.82 Å². The molecule has 0 saturated heterocycles. The highest BCUT2D eigenvalue weighted by Gasteiger charge is 2.01. The second-order valence-electron chi connectivity index (χ2n) is 3.05. The van der Waals surface area contributed by atoms with Crippen molar-refractivity contribution >= 4 is 11.8 Å². The molecular formula is C10H11FN4. The minimum Gasteiger partial charge on any atom is -0.396 e. The van der Waals surface area contributed by atoms with Gasteiger partial charge < -0.3 is 5.73 Å². The molecule has 0 saturated carbocycles. The van der Waals surface area contributed by atoms with Gasteiger partial charge in [0.15, 0.2) is 0 Å². The van der Waals surface area contributed by atoms with Gasteiger partial charge in [0, 0.05) is 11.5 Å². The molecule has 0 bridgehead atoms. The van der Waals surface area contributed by atoms with E-state index in [4.69, 9.17) is 11.3 Å². The predicted octanol–water partition coefficient (Wildman–Crippen LogP) is 3.04. The highest BCUT2D eigenvalue weighted by Crippen LogP contribution is 2.18. The second-order valence-corrected chi connectivity index (χ2v) is 3.05. The van der Waals surface area contributed by atoms with Crippen molar-refractivity contribution in [1.29, 1.82) is 0 Å². The Hall–Kier alpha value is -2.00. The van der Waals surface area contributed by atoms with Crippen LogP contribution in [0.2, 0.25) is 0 Å². The summed E-state index contributed by atoms with van der Waals surface area (Å²) in [6.45, 7) is 2.09. The minimum absolute atomic E-state index is 0.139. The molecule has 0 unspecified atom stereocenters. The van der Waals surface area contributed by atoms with Crippen LogP contribution in [0.1, 0.15) is 11.1 Å². The van der Waals surface area contributed by atoms with E-state index < -0.39 is 5.82 Å². The van der Waals surface area contributed by atoms with Gasteiger partial charge in [-0.3, -0.25) is 0 Å². The second kappa shape index (κ2) is 5.02. The molecule has 0 atom stereocenters. The Morgan fingerprint density at radius 2 is 2.33 bits per heavy atom. The fourth-order valence-electron chi connectivity index (χ4n) is 1.16. The lowest BCUT2D eigenvalue weighted by atomic mass is 10.1. The van der Waals surface area contributed by atoms with Crippen LogP contribution in [0.4, 0.5) is 10.1 Å². The van der Waals surface area contributed by atoms with E-state index in [-0.39, 0.29) is 12.2 Å². The molecule has 0 aliphatic rings. The van der Waals surface area contributed by atoms with Gasteiger partial charge >= 0.3 is 0 Å². The van der Waals surface area contributed by atoms with Gasteiger partial charge in [0.05, 0.1) is 5.69 Å². The van der Waals surface area contributed by atoms with Crippen LogP contribution in [0.15, 0.2) is 23.3 Å². The fourth-order valence-corrected chi connectivity index (χ4v) is 1.16. The maximum Gasteiger partial charge on any atom is 0.146 e. The average molecular weight is 206 g/mol. The Balaban J connectivity index is 2.90. The Morgan fingerprint density at radius 3 is 3.00 bits per heavy atom. The van der Waals surface area contributed by atoms with Crippen molar-refractivity contribution in [2.75, 3.05) is 12.3 Å². The number of aryl methyl sites for hydroxylation is 1. The minimum atomic E-state index is -0.441. The number of hydrogen-bond acceptors (Lipinski definition) is 2. The lowest BCUT2D eigenvalue weighted by Gasteiger charge is -2.03. The molecular weight excluding hydrogens is 195 g/mol. The third-order valence-electron chi connectivity index (χ3n) is 1.93. The summed E-state index contributed by atoms with van der Waals surface area (Å²) in [4.78, 5) is 2.60. The molecule has 1 aromatic rings. The van der Waals surface area contributed by atoms with Crippen molar-refractivity contribution in [3.05, 3.63) is 45.6 Å². The molecule has 1 aromatic carbocycles. The summed E-state index contributed by atoms with van der Waals surface area (Å²) >= 11 is 0. The first-order valence-corrected chi connectivity index (χ1v) is 4.38. The first-order chi connectivity index (χ1) is 7.15. The third kappa shape index (κ3) is 3.00. The zero-order valence-corrected chi connectivity index (χ0v) is 8.31. The van der Waals surface area contributed by atoms with Gasteiger partial charge in [-0.1, -0.05) is 17.3 Å². The Kier molecular flexibility index (Phi) is 3.71. The Labute approximate surface area is 86.8 Å². The lowest BCUT2D eigenvalue weighted by Crippen LogP contribution is -1.93. The van der Waals surface area contributed by atoms with Crippen LogP contribution in [0, 0.1) is 12.7 Å². The molecule has 0 amide bonds. The predicted molar refractivity (Wildman–Crippen MR) is 58.6 cm³/mol. The normalized spacial score (nSPS) is 10.3. The van der Waals surface area contributed by atoms with Crippen LogP contribution in [-0.4, -0.2) is 6.54 Å². The summed E-state index contributed by atoms with van der Waals surface area (Å²) in [6.07, 6.45) is 3.37. The molecule has 5 heteroatoms. The van der Waals surface area contributed by atoms with Gasteiger partial charge in [-0.25, -0.2) is 4.39 Å². The maximum absolute atomic E-state index is 13.1. The summed E-state index contributed by atoms with van der Waals surface area (Å²) in [6, 6.07) is 2.93. The number of halogens is 1. The van der Waals surface area contributed by atoms with Gasteiger partial charge in [-0.05, 0) is 35.7 Å². The van der Waals surface area contributed by atoms with E-state index in [2.05, 4.69) is 10.0 Å². The molecule has 0 aliphatic heterocycles. The molecule has 0 fully saturated rings. The molecule has 2 N–H and O–H groups in total. The number of hydrogen-bond donors (Lipinski definition) is 1. The van der Waals surface area contributed by atoms with Crippen LogP contribution < -0.4 is 5.73 Å². The highest BCUT2D eigenvalue weighted by molar-refractivity contribution is 5.58. The number of benzene rings is 1. The number of rotatable bonds is 3. The summed E-state index contributed by atoms with van der Waals surface area (Å²) in [5.74, 6) is -0.441. The van der Waals surface area contributed by atoms with Gasteiger partial charge in [-0.15, -0.1) is 0 Å². The van der Waals surface area contributed by atoms with Gasteiger partial charge in [0.25, 0.3) is 0 Å². The molecule has 0 aliphatic carbocycles. The SMILES string of the molecule is Cc1cc(N)c(F)cc1C=CCN=[N+]=[N-]. The summed E-state index contributed by atoms with van der Waals surface area (Å²) in [5.41, 5.74) is 15.2. The first kappa shape index (κ1) is 11.1. The van der Waals surface area contributed by atoms with Crippen molar-refractivity contribution in [3.63, 3.8) is 0 Å². The van der Waals surface area contributed by atoms with E-state index in [1.54, 1.807) is 18.2 Å². The van der Waals surface area contributed by atoms with E-state index in [0.29, 0.717) is 0 Å². The molecule has 0 heterocycles. The largest absolute Gasteiger partial charge is 0.396 e. The summed E-state index contributed by atoms with van der Waals surface area (Å²) < 4.78 is 13.1. The van der Waals surface area contributed by atoms with E-state index in [0.717, 1.165) is 11.1 Å². The highest BCUT2D eigenvalue weighted by atomic mass is 19.1. The zero-order valence-electron chi connectivity index (χ0n) is 8.31. The zero-order chi connectivity index (χ0) is 11.3. The Morgan fingerprint density at radius 1 is 1.60 bits per heavy atom. The van der Waals surface area contributed by atoms with Crippen LogP contribution >= 0.6 is 0 Å². The average Bonchev–Trinajstić information content (AvgIpc) is 2.20. The van der Waals surface area contributed by atoms with E-state index in [1.165, 1.54) is 6.07 Å². The van der Waals surface area contributed by atoms with E-state index in [9.17, 15) is 4.39 Å². The van der Waals surface area contributed by atoms with Crippen molar-refractivity contribution in [2.45, 2.75) is 6.92 Å². The monoisotopic (exact) mass is 206 g/mol. The molecule has 0 spiro atoms. The van der Waals surface area contributed by atoms with Crippen molar-refractivity contribution in [2.24, 2.45) is 5.11 Å². The van der Waals surface area contributed by atoms with Gasteiger partial charge in [0.2, 0.25) is 0 Å². The van der Waals surface area contributed by atoms with Gasteiger partial charge in [-0.2, -0.15) is 0 Å². The van der Waals surface area contributed by atoms with Crippen molar-refractivity contribution < 1.29 is 4.39 Å². The number of nitrogen functional groups attached to an aromatic ring is 1. The smallest absolute Gasteiger partial charge is 0.146 e. The van der Waals surface area contributed by atoms with E-state index in [1.807, 2.05) is 6.92 Å². The van der Waals surface area contributed by atoms with Crippen LogP contribution in [0.5, 0.6) is 0 Å². The van der Waals surface area contributed by atoms with Crippen LogP contribution in [0.3, 0.4) is 0 Å². The maximum atomic E-state index is 13.1. The standard InChI is InChI=1S/C10H11FN4/c1-7-5-10(12)9(11)6-8(7)3-2-4-14-15-13/h2-3,5-6H,4,12H2,1H3. The molecule has 78 valence electrons. The molecule has 1 rings (SSSR count). The third-order valence-corrected chi connectivity index (χ3v) is 1.93. The van der Waals surface area contributed by atoms with Crippen molar-refractivity contribution in [3.8, 4) is 0 Å². The lowest BCUT2D eigenvalue weighted by molar-refractivity contribution is 0.632. The number of nitrogens with zero attached hydrogens (tertiary/aromatic N) is 3. The quantitative estimate of drug-likeness (QED) is 0.351. The summed E-state index contributed by atoms with van der Waals surface area (Å²) in [7, 11) is 0. The molecule has 0 aromatic heterocycles. The van der Waals surface area contributed by atoms with E-state index >= 15 is 0 Å². The number of nitrogens with two attached hydrogens (primary N) is 1. The van der Waals surface area contributed by atoms with Crippen LogP contribution in [-0.2, 0) is 0 Å².